The van der Waals surface area contributed by atoms with Crippen molar-refractivity contribution in [3.63, 3.8) is 0 Å². The van der Waals surface area contributed by atoms with Crippen molar-refractivity contribution in [2.75, 3.05) is 25.1 Å². The second-order valence-corrected chi connectivity index (χ2v) is 3.54. The lowest BCUT2D eigenvalue weighted by Gasteiger charge is -2.19. The van der Waals surface area contributed by atoms with Crippen molar-refractivity contribution in [2.24, 2.45) is 5.73 Å². The average molecular weight is 215 g/mol. The molecule has 0 aliphatic rings. The summed E-state index contributed by atoms with van der Waals surface area (Å²) in [5, 5.41) is 9.46. The van der Waals surface area contributed by atoms with Crippen molar-refractivity contribution < 1.29 is 5.11 Å². The lowest BCUT2D eigenvalue weighted by molar-refractivity contribution is 0.304. The molecule has 1 rings (SSSR count). The summed E-state index contributed by atoms with van der Waals surface area (Å²) < 4.78 is 0. The molecule has 0 radical (unpaired) electrons. The van der Waals surface area contributed by atoms with Crippen LogP contribution in [-0.4, -0.2) is 25.3 Å². The van der Waals surface area contributed by atoms with Gasteiger partial charge in [-0.05, 0) is 17.7 Å². The first-order valence-corrected chi connectivity index (χ1v) is 4.87. The molecule has 0 bridgehead atoms. The summed E-state index contributed by atoms with van der Waals surface area (Å²) in [7, 11) is 1.89. The third kappa shape index (κ3) is 2.61. The van der Waals surface area contributed by atoms with E-state index in [1.807, 2.05) is 30.1 Å². The Morgan fingerprint density at radius 1 is 1.50 bits per heavy atom. The van der Waals surface area contributed by atoms with Crippen LogP contribution in [0.15, 0.2) is 18.2 Å². The fraction of sp³-hybridized carbons (Fsp3) is 0.400. The first-order chi connectivity index (χ1) is 6.69. The van der Waals surface area contributed by atoms with E-state index in [-0.39, 0.29) is 6.61 Å². The SMILES string of the molecule is CN(CCO)c1ccc(CN)cc1Cl. The number of nitrogens with two attached hydrogens (primary N) is 1. The van der Waals surface area contributed by atoms with E-state index in [2.05, 4.69) is 0 Å². The van der Waals surface area contributed by atoms with E-state index < -0.39 is 0 Å². The van der Waals surface area contributed by atoms with Crippen LogP contribution < -0.4 is 10.6 Å². The molecule has 3 N–H and O–H groups in total. The van der Waals surface area contributed by atoms with Crippen LogP contribution in [0.4, 0.5) is 5.69 Å². The Morgan fingerprint density at radius 2 is 2.21 bits per heavy atom. The van der Waals surface area contributed by atoms with Gasteiger partial charge in [0.25, 0.3) is 0 Å². The van der Waals surface area contributed by atoms with Crippen molar-refractivity contribution in [2.45, 2.75) is 6.54 Å². The molecule has 0 atom stereocenters. The Bertz CT molecular complexity index is 304. The van der Waals surface area contributed by atoms with Gasteiger partial charge in [0.2, 0.25) is 0 Å². The standard InChI is InChI=1S/C10H15ClN2O/c1-13(4-5-14)10-3-2-8(7-12)6-9(10)11/h2-3,6,14H,4-5,7,12H2,1H3. The number of halogens is 1. The number of hydrogen-bond acceptors (Lipinski definition) is 3. The number of likely N-dealkylation sites (N-methyl/N-ethyl adjacent to an activating group) is 1. The van der Waals surface area contributed by atoms with Crippen LogP contribution in [-0.2, 0) is 6.54 Å². The van der Waals surface area contributed by atoms with E-state index in [4.69, 9.17) is 22.4 Å². The van der Waals surface area contributed by atoms with E-state index in [1.54, 1.807) is 0 Å². The molecule has 4 heteroatoms. The van der Waals surface area contributed by atoms with Gasteiger partial charge in [0, 0.05) is 20.1 Å². The van der Waals surface area contributed by atoms with Gasteiger partial charge in [0.15, 0.2) is 0 Å². The molecule has 0 aliphatic heterocycles. The highest BCUT2D eigenvalue weighted by Crippen LogP contribution is 2.25. The molecule has 1 aromatic rings. The minimum absolute atomic E-state index is 0.117. The molecule has 0 spiro atoms. The molecule has 14 heavy (non-hydrogen) atoms. The molecule has 0 saturated heterocycles. The van der Waals surface area contributed by atoms with E-state index in [0.717, 1.165) is 11.3 Å². The van der Waals surface area contributed by atoms with E-state index in [0.29, 0.717) is 18.1 Å². The highest BCUT2D eigenvalue weighted by atomic mass is 35.5. The summed E-state index contributed by atoms with van der Waals surface area (Å²) in [6.45, 7) is 1.18. The molecular weight excluding hydrogens is 200 g/mol. The number of aliphatic hydroxyl groups excluding tert-OH is 1. The van der Waals surface area contributed by atoms with Crippen molar-refractivity contribution in [1.82, 2.24) is 0 Å². The summed E-state index contributed by atoms with van der Waals surface area (Å²) in [5.74, 6) is 0. The predicted molar refractivity (Wildman–Crippen MR) is 59.7 cm³/mol. The molecule has 3 nitrogen and oxygen atoms in total. The number of rotatable bonds is 4. The molecule has 0 aliphatic carbocycles. The van der Waals surface area contributed by atoms with Crippen molar-refractivity contribution in [1.29, 1.82) is 0 Å². The largest absolute Gasteiger partial charge is 0.395 e. The summed E-state index contributed by atoms with van der Waals surface area (Å²) in [5.41, 5.74) is 7.42. The van der Waals surface area contributed by atoms with Crippen LogP contribution in [0.25, 0.3) is 0 Å². The topological polar surface area (TPSA) is 49.5 Å². The Hall–Kier alpha value is -0.770. The van der Waals surface area contributed by atoms with Gasteiger partial charge in [-0.25, -0.2) is 0 Å². The summed E-state index contributed by atoms with van der Waals surface area (Å²) in [4.78, 5) is 1.91. The van der Waals surface area contributed by atoms with Crippen molar-refractivity contribution in [3.8, 4) is 0 Å². The first kappa shape index (κ1) is 11.3. The lowest BCUT2D eigenvalue weighted by atomic mass is 10.2. The third-order valence-electron chi connectivity index (χ3n) is 2.09. The van der Waals surface area contributed by atoms with Crippen LogP contribution in [0.2, 0.25) is 5.02 Å². The lowest BCUT2D eigenvalue weighted by Crippen LogP contribution is -2.21. The Labute approximate surface area is 89.1 Å². The minimum atomic E-state index is 0.117. The third-order valence-corrected chi connectivity index (χ3v) is 2.40. The maximum atomic E-state index is 8.78. The van der Waals surface area contributed by atoms with Crippen LogP contribution >= 0.6 is 11.6 Å². The van der Waals surface area contributed by atoms with Gasteiger partial charge in [0.05, 0.1) is 17.3 Å². The maximum absolute atomic E-state index is 8.78. The molecule has 0 saturated carbocycles. The van der Waals surface area contributed by atoms with E-state index in [1.165, 1.54) is 0 Å². The second kappa shape index (κ2) is 5.20. The van der Waals surface area contributed by atoms with Crippen molar-refractivity contribution in [3.05, 3.63) is 28.8 Å². The molecular formula is C10H15ClN2O. The second-order valence-electron chi connectivity index (χ2n) is 3.14. The molecule has 0 heterocycles. The van der Waals surface area contributed by atoms with Gasteiger partial charge in [-0.1, -0.05) is 17.7 Å². The summed E-state index contributed by atoms with van der Waals surface area (Å²) >= 11 is 6.06. The normalized spacial score (nSPS) is 10.3. The number of benzene rings is 1. The van der Waals surface area contributed by atoms with Gasteiger partial charge < -0.3 is 15.7 Å². The van der Waals surface area contributed by atoms with Gasteiger partial charge in [-0.3, -0.25) is 0 Å². The predicted octanol–water partition coefficient (Wildman–Crippen LogP) is 1.23. The number of anilines is 1. The Balaban J connectivity index is 2.88. The summed E-state index contributed by atoms with van der Waals surface area (Å²) in [6, 6.07) is 5.71. The zero-order valence-electron chi connectivity index (χ0n) is 8.20. The number of hydrogen-bond donors (Lipinski definition) is 2. The number of aliphatic hydroxyl groups is 1. The zero-order chi connectivity index (χ0) is 10.6. The van der Waals surface area contributed by atoms with Gasteiger partial charge in [0.1, 0.15) is 0 Å². The van der Waals surface area contributed by atoms with Gasteiger partial charge >= 0.3 is 0 Å². The maximum Gasteiger partial charge on any atom is 0.0642 e. The Morgan fingerprint density at radius 3 is 2.71 bits per heavy atom. The molecule has 0 amide bonds. The summed E-state index contributed by atoms with van der Waals surface area (Å²) in [6.07, 6.45) is 0. The van der Waals surface area contributed by atoms with Gasteiger partial charge in [-0.2, -0.15) is 0 Å². The van der Waals surface area contributed by atoms with Crippen LogP contribution in [0.1, 0.15) is 5.56 Å². The van der Waals surface area contributed by atoms with Gasteiger partial charge in [-0.15, -0.1) is 0 Å². The monoisotopic (exact) mass is 214 g/mol. The smallest absolute Gasteiger partial charge is 0.0642 e. The zero-order valence-corrected chi connectivity index (χ0v) is 8.96. The number of nitrogens with zero attached hydrogens (tertiary/aromatic N) is 1. The van der Waals surface area contributed by atoms with Crippen LogP contribution in [0.3, 0.4) is 0 Å². The van der Waals surface area contributed by atoms with E-state index in [9.17, 15) is 0 Å². The quantitative estimate of drug-likeness (QED) is 0.793. The fourth-order valence-corrected chi connectivity index (χ4v) is 1.60. The molecule has 0 aromatic heterocycles. The molecule has 0 unspecified atom stereocenters. The van der Waals surface area contributed by atoms with Crippen molar-refractivity contribution >= 4 is 17.3 Å². The average Bonchev–Trinajstić information content (AvgIpc) is 2.17. The van der Waals surface area contributed by atoms with Crippen LogP contribution in [0.5, 0.6) is 0 Å². The molecule has 0 fully saturated rings. The highest BCUT2D eigenvalue weighted by molar-refractivity contribution is 6.33. The minimum Gasteiger partial charge on any atom is -0.395 e. The van der Waals surface area contributed by atoms with E-state index >= 15 is 0 Å². The highest BCUT2D eigenvalue weighted by Gasteiger charge is 2.05. The van der Waals surface area contributed by atoms with Crippen LogP contribution in [0, 0.1) is 0 Å². The fourth-order valence-electron chi connectivity index (χ4n) is 1.26. The Kier molecular flexibility index (Phi) is 4.20. The molecule has 78 valence electrons. The first-order valence-electron chi connectivity index (χ1n) is 4.49. The molecule has 1 aromatic carbocycles.